The summed E-state index contributed by atoms with van der Waals surface area (Å²) in [7, 11) is 0. The first kappa shape index (κ1) is 6.25. The van der Waals surface area contributed by atoms with Crippen molar-refractivity contribution in [3.8, 4) is 0 Å². The predicted octanol–water partition coefficient (Wildman–Crippen LogP) is 0.994. The van der Waals surface area contributed by atoms with Crippen LogP contribution in [0.5, 0.6) is 0 Å². The molecule has 0 saturated heterocycles. The largest absolute Gasteiger partial charge is 0.392 e. The van der Waals surface area contributed by atoms with E-state index in [0.29, 0.717) is 0 Å². The molecule has 0 heterocycles. The van der Waals surface area contributed by atoms with Gasteiger partial charge in [0.2, 0.25) is 0 Å². The number of alkyl halides is 1. The first-order valence-corrected chi connectivity index (χ1v) is 2.40. The first-order chi connectivity index (χ1) is 2.64. The lowest BCUT2D eigenvalue weighted by molar-refractivity contribution is 0.194. The standard InChI is InChI=1S/C4H9ClO/c1-3(5)4(2)6/h3-4,6H,1-2H3/t3-,4+/m0/s1. The zero-order chi connectivity index (χ0) is 5.15. The van der Waals surface area contributed by atoms with Crippen LogP contribution < -0.4 is 0 Å². The summed E-state index contributed by atoms with van der Waals surface area (Å²) in [6.07, 6.45) is -0.383. The van der Waals surface area contributed by atoms with E-state index in [1.165, 1.54) is 0 Å². The SMILES string of the molecule is C[C@H](Cl)[C@@H](C)O. The normalized spacial score (nSPS) is 20.0. The molecule has 1 nitrogen and oxygen atoms in total. The lowest BCUT2D eigenvalue weighted by Crippen LogP contribution is -2.11. The highest BCUT2D eigenvalue weighted by Gasteiger charge is 2.00. The molecule has 2 heteroatoms. The Kier molecular flexibility index (Phi) is 2.53. The van der Waals surface area contributed by atoms with Gasteiger partial charge in [-0.3, -0.25) is 0 Å². The van der Waals surface area contributed by atoms with Crippen LogP contribution in [0, 0.1) is 0 Å². The molecular formula is C4H9ClO. The maximum atomic E-state index is 8.50. The van der Waals surface area contributed by atoms with Crippen molar-refractivity contribution < 1.29 is 5.11 Å². The quantitative estimate of drug-likeness (QED) is 0.497. The number of hydrogen-bond donors (Lipinski definition) is 1. The van der Waals surface area contributed by atoms with Gasteiger partial charge in [0.25, 0.3) is 0 Å². The number of rotatable bonds is 1. The molecule has 0 rings (SSSR count). The third kappa shape index (κ3) is 2.49. The van der Waals surface area contributed by atoms with Gasteiger partial charge < -0.3 is 5.11 Å². The fraction of sp³-hybridized carbons (Fsp3) is 1.00. The summed E-state index contributed by atoms with van der Waals surface area (Å²) in [5, 5.41) is 8.38. The maximum Gasteiger partial charge on any atom is 0.0672 e. The van der Waals surface area contributed by atoms with Gasteiger partial charge in [0.15, 0.2) is 0 Å². The van der Waals surface area contributed by atoms with Crippen molar-refractivity contribution in [2.24, 2.45) is 0 Å². The Bertz CT molecular complexity index is 28.5. The second-order valence-corrected chi connectivity index (χ2v) is 2.11. The topological polar surface area (TPSA) is 20.2 Å². The summed E-state index contributed by atoms with van der Waals surface area (Å²) in [5.74, 6) is 0. The fourth-order valence-electron chi connectivity index (χ4n) is 0. The molecule has 0 aromatic heterocycles. The van der Waals surface area contributed by atoms with Gasteiger partial charge in [0.1, 0.15) is 0 Å². The van der Waals surface area contributed by atoms with Gasteiger partial charge >= 0.3 is 0 Å². The lowest BCUT2D eigenvalue weighted by atomic mass is 10.3. The minimum absolute atomic E-state index is 0.120. The highest BCUT2D eigenvalue weighted by molar-refractivity contribution is 6.20. The average molecular weight is 109 g/mol. The predicted molar refractivity (Wildman–Crippen MR) is 27.0 cm³/mol. The van der Waals surface area contributed by atoms with E-state index in [9.17, 15) is 0 Å². The maximum absolute atomic E-state index is 8.50. The van der Waals surface area contributed by atoms with Gasteiger partial charge in [0, 0.05) is 0 Å². The molecule has 0 aliphatic rings. The molecule has 0 aliphatic heterocycles. The number of halogens is 1. The first-order valence-electron chi connectivity index (χ1n) is 1.96. The highest BCUT2D eigenvalue weighted by Crippen LogP contribution is 1.97. The van der Waals surface area contributed by atoms with Crippen LogP contribution in [0.4, 0.5) is 0 Å². The van der Waals surface area contributed by atoms with Gasteiger partial charge in [-0.25, -0.2) is 0 Å². The van der Waals surface area contributed by atoms with Crippen molar-refractivity contribution >= 4 is 11.6 Å². The molecule has 0 radical (unpaired) electrons. The summed E-state index contributed by atoms with van der Waals surface area (Å²) >= 11 is 5.36. The van der Waals surface area contributed by atoms with E-state index in [-0.39, 0.29) is 11.5 Å². The molecule has 0 aromatic rings. The summed E-state index contributed by atoms with van der Waals surface area (Å²) in [4.78, 5) is 0. The Hall–Kier alpha value is 0.250. The van der Waals surface area contributed by atoms with Crippen molar-refractivity contribution in [2.75, 3.05) is 0 Å². The molecule has 0 fully saturated rings. The van der Waals surface area contributed by atoms with Gasteiger partial charge in [-0.2, -0.15) is 0 Å². The molecule has 0 spiro atoms. The second-order valence-electron chi connectivity index (χ2n) is 1.42. The van der Waals surface area contributed by atoms with Crippen molar-refractivity contribution in [2.45, 2.75) is 25.3 Å². The summed E-state index contributed by atoms with van der Waals surface area (Å²) in [6, 6.07) is 0. The van der Waals surface area contributed by atoms with E-state index < -0.39 is 0 Å². The molecular weight excluding hydrogens is 99.5 g/mol. The molecule has 1 N–H and O–H groups in total. The van der Waals surface area contributed by atoms with Crippen LogP contribution in [-0.4, -0.2) is 16.6 Å². The molecule has 0 unspecified atom stereocenters. The van der Waals surface area contributed by atoms with Crippen LogP contribution in [0.3, 0.4) is 0 Å². The van der Waals surface area contributed by atoms with E-state index in [0.717, 1.165) is 0 Å². The van der Waals surface area contributed by atoms with E-state index in [2.05, 4.69) is 0 Å². The Labute approximate surface area is 42.9 Å². The Balaban J connectivity index is 2.99. The van der Waals surface area contributed by atoms with E-state index in [4.69, 9.17) is 16.7 Å². The lowest BCUT2D eigenvalue weighted by Gasteiger charge is -2.02. The monoisotopic (exact) mass is 108 g/mol. The molecule has 0 bridgehead atoms. The van der Waals surface area contributed by atoms with Crippen LogP contribution in [0.2, 0.25) is 0 Å². The Morgan fingerprint density at radius 1 is 1.50 bits per heavy atom. The van der Waals surface area contributed by atoms with Crippen molar-refractivity contribution in [3.63, 3.8) is 0 Å². The van der Waals surface area contributed by atoms with Crippen LogP contribution in [0.1, 0.15) is 13.8 Å². The van der Waals surface area contributed by atoms with Crippen molar-refractivity contribution in [1.82, 2.24) is 0 Å². The third-order valence-electron chi connectivity index (χ3n) is 0.665. The van der Waals surface area contributed by atoms with Crippen LogP contribution >= 0.6 is 11.6 Å². The van der Waals surface area contributed by atoms with Crippen molar-refractivity contribution in [3.05, 3.63) is 0 Å². The average Bonchev–Trinajstić information content (AvgIpc) is 1.36. The van der Waals surface area contributed by atoms with Gasteiger partial charge in [-0.15, -0.1) is 11.6 Å². The van der Waals surface area contributed by atoms with Crippen LogP contribution in [-0.2, 0) is 0 Å². The van der Waals surface area contributed by atoms with Gasteiger partial charge in [-0.05, 0) is 13.8 Å². The minimum atomic E-state index is -0.383. The van der Waals surface area contributed by atoms with E-state index in [1.54, 1.807) is 13.8 Å². The molecule has 0 aromatic carbocycles. The van der Waals surface area contributed by atoms with E-state index >= 15 is 0 Å². The Morgan fingerprint density at radius 2 is 1.67 bits per heavy atom. The number of hydrogen-bond acceptors (Lipinski definition) is 1. The molecule has 2 atom stereocenters. The molecule has 0 amide bonds. The van der Waals surface area contributed by atoms with Crippen LogP contribution in [0.15, 0.2) is 0 Å². The molecule has 6 heavy (non-hydrogen) atoms. The number of aliphatic hydroxyl groups is 1. The zero-order valence-electron chi connectivity index (χ0n) is 3.98. The Morgan fingerprint density at radius 3 is 1.67 bits per heavy atom. The summed E-state index contributed by atoms with van der Waals surface area (Å²) in [6.45, 7) is 3.42. The molecule has 0 saturated carbocycles. The summed E-state index contributed by atoms with van der Waals surface area (Å²) < 4.78 is 0. The van der Waals surface area contributed by atoms with Gasteiger partial charge in [0.05, 0.1) is 11.5 Å². The minimum Gasteiger partial charge on any atom is -0.392 e. The van der Waals surface area contributed by atoms with E-state index in [1.807, 2.05) is 0 Å². The zero-order valence-corrected chi connectivity index (χ0v) is 4.74. The highest BCUT2D eigenvalue weighted by atomic mass is 35.5. The van der Waals surface area contributed by atoms with Gasteiger partial charge in [-0.1, -0.05) is 0 Å². The third-order valence-corrected chi connectivity index (χ3v) is 1.03. The fourth-order valence-corrected chi connectivity index (χ4v) is 0. The summed E-state index contributed by atoms with van der Waals surface area (Å²) in [5.41, 5.74) is 0. The van der Waals surface area contributed by atoms with Crippen molar-refractivity contribution in [1.29, 1.82) is 0 Å². The number of aliphatic hydroxyl groups excluding tert-OH is 1. The second kappa shape index (κ2) is 2.43. The van der Waals surface area contributed by atoms with Crippen LogP contribution in [0.25, 0.3) is 0 Å². The smallest absolute Gasteiger partial charge is 0.0672 e. The molecule has 0 aliphatic carbocycles. The molecule has 38 valence electrons.